The van der Waals surface area contributed by atoms with E-state index in [-0.39, 0.29) is 6.10 Å². The van der Waals surface area contributed by atoms with Crippen LogP contribution in [0.1, 0.15) is 19.4 Å². The Balaban J connectivity index is 2.37. The van der Waals surface area contributed by atoms with Gasteiger partial charge in [0.05, 0.1) is 30.4 Å². The normalized spacial score (nSPS) is 12.2. The molecule has 2 N–H and O–H groups in total. The van der Waals surface area contributed by atoms with E-state index in [0.717, 1.165) is 5.69 Å². The van der Waals surface area contributed by atoms with Crippen LogP contribution in [0, 0.1) is 11.3 Å². The summed E-state index contributed by atoms with van der Waals surface area (Å²) in [5.41, 5.74) is 1.43. The molecule has 0 saturated heterocycles. The number of nitrogens with one attached hydrogen (secondary N) is 1. The van der Waals surface area contributed by atoms with Gasteiger partial charge >= 0.3 is 0 Å². The molecule has 0 aliphatic rings. The Morgan fingerprint density at radius 1 is 1.47 bits per heavy atom. The Kier molecular flexibility index (Phi) is 5.47. The van der Waals surface area contributed by atoms with E-state index in [1.54, 1.807) is 18.2 Å². The van der Waals surface area contributed by atoms with Crippen LogP contribution in [-0.4, -0.2) is 30.5 Å². The van der Waals surface area contributed by atoms with Gasteiger partial charge in [0.2, 0.25) is 0 Å². The van der Waals surface area contributed by atoms with Gasteiger partial charge in [-0.1, -0.05) is 6.07 Å². The maximum absolute atomic E-state index is 9.63. The molecule has 0 saturated carbocycles. The van der Waals surface area contributed by atoms with Crippen LogP contribution in [-0.2, 0) is 4.74 Å². The Hall–Kier alpha value is -1.57. The number of anilines is 1. The third kappa shape index (κ3) is 5.34. The smallest absolute Gasteiger partial charge is 0.0992 e. The zero-order chi connectivity index (χ0) is 12.7. The topological polar surface area (TPSA) is 65.3 Å². The second kappa shape index (κ2) is 6.89. The van der Waals surface area contributed by atoms with Crippen molar-refractivity contribution in [1.29, 1.82) is 5.26 Å². The van der Waals surface area contributed by atoms with E-state index >= 15 is 0 Å². The molecule has 0 aromatic heterocycles. The van der Waals surface area contributed by atoms with Crippen molar-refractivity contribution >= 4 is 5.69 Å². The summed E-state index contributed by atoms with van der Waals surface area (Å²) in [6, 6.07) is 9.21. The van der Waals surface area contributed by atoms with E-state index in [1.165, 1.54) is 0 Å². The summed E-state index contributed by atoms with van der Waals surface area (Å²) in [5.74, 6) is 0. The molecular weight excluding hydrogens is 216 g/mol. The van der Waals surface area contributed by atoms with Crippen molar-refractivity contribution in [2.75, 3.05) is 18.5 Å². The number of ether oxygens (including phenoxy) is 1. The first-order chi connectivity index (χ1) is 8.11. The maximum Gasteiger partial charge on any atom is 0.0992 e. The fraction of sp³-hybridized carbons (Fsp3) is 0.462. The standard InChI is InChI=1S/C13H18N2O2/c1-10(2)17-9-13(16)8-15-12-5-3-4-11(6-12)7-14/h3-6,10,13,15-16H,8-9H2,1-2H3. The van der Waals surface area contributed by atoms with Gasteiger partial charge in [-0.05, 0) is 32.0 Å². The van der Waals surface area contributed by atoms with Crippen LogP contribution < -0.4 is 5.32 Å². The highest BCUT2D eigenvalue weighted by atomic mass is 16.5. The molecule has 0 aliphatic heterocycles. The van der Waals surface area contributed by atoms with Crippen molar-refractivity contribution in [1.82, 2.24) is 0 Å². The van der Waals surface area contributed by atoms with Crippen LogP contribution in [0.3, 0.4) is 0 Å². The summed E-state index contributed by atoms with van der Waals surface area (Å²) in [5, 5.41) is 21.4. The van der Waals surface area contributed by atoms with Gasteiger partial charge in [-0.25, -0.2) is 0 Å². The van der Waals surface area contributed by atoms with Gasteiger partial charge < -0.3 is 15.2 Å². The lowest BCUT2D eigenvalue weighted by atomic mass is 10.2. The molecule has 1 atom stereocenters. The van der Waals surface area contributed by atoms with Crippen LogP contribution in [0.25, 0.3) is 0 Å². The second-order valence-electron chi connectivity index (χ2n) is 4.11. The van der Waals surface area contributed by atoms with Gasteiger partial charge in [-0.3, -0.25) is 0 Å². The maximum atomic E-state index is 9.63. The Morgan fingerprint density at radius 2 is 2.24 bits per heavy atom. The molecule has 0 aliphatic carbocycles. The average Bonchev–Trinajstić information content (AvgIpc) is 2.34. The zero-order valence-corrected chi connectivity index (χ0v) is 10.2. The van der Waals surface area contributed by atoms with Crippen molar-refractivity contribution in [2.24, 2.45) is 0 Å². The number of hydrogen-bond acceptors (Lipinski definition) is 4. The first-order valence-electron chi connectivity index (χ1n) is 5.65. The van der Waals surface area contributed by atoms with E-state index in [2.05, 4.69) is 11.4 Å². The van der Waals surface area contributed by atoms with E-state index < -0.39 is 6.10 Å². The minimum Gasteiger partial charge on any atom is -0.389 e. The molecule has 1 unspecified atom stereocenters. The molecule has 17 heavy (non-hydrogen) atoms. The van der Waals surface area contributed by atoms with Gasteiger partial charge in [0.15, 0.2) is 0 Å². The number of nitrogens with zero attached hydrogens (tertiary/aromatic N) is 1. The van der Waals surface area contributed by atoms with Crippen LogP contribution >= 0.6 is 0 Å². The lowest BCUT2D eigenvalue weighted by Crippen LogP contribution is -2.26. The first kappa shape index (κ1) is 13.5. The Morgan fingerprint density at radius 3 is 2.88 bits per heavy atom. The predicted molar refractivity (Wildman–Crippen MR) is 66.7 cm³/mol. The SMILES string of the molecule is CC(C)OCC(O)CNc1cccc(C#N)c1. The Labute approximate surface area is 102 Å². The molecule has 92 valence electrons. The lowest BCUT2D eigenvalue weighted by Gasteiger charge is -2.14. The van der Waals surface area contributed by atoms with Gasteiger partial charge in [-0.2, -0.15) is 5.26 Å². The van der Waals surface area contributed by atoms with E-state index in [4.69, 9.17) is 10.00 Å². The van der Waals surface area contributed by atoms with Crippen molar-refractivity contribution in [3.63, 3.8) is 0 Å². The van der Waals surface area contributed by atoms with Crippen molar-refractivity contribution in [3.8, 4) is 6.07 Å². The van der Waals surface area contributed by atoms with Gasteiger partial charge in [-0.15, -0.1) is 0 Å². The van der Waals surface area contributed by atoms with Crippen LogP contribution in [0.5, 0.6) is 0 Å². The van der Waals surface area contributed by atoms with Crippen molar-refractivity contribution < 1.29 is 9.84 Å². The molecule has 4 heteroatoms. The van der Waals surface area contributed by atoms with Crippen LogP contribution in [0.15, 0.2) is 24.3 Å². The fourth-order valence-corrected chi connectivity index (χ4v) is 1.30. The zero-order valence-electron chi connectivity index (χ0n) is 10.2. The molecular formula is C13H18N2O2. The number of benzene rings is 1. The first-order valence-corrected chi connectivity index (χ1v) is 5.65. The second-order valence-corrected chi connectivity index (χ2v) is 4.11. The van der Waals surface area contributed by atoms with Crippen molar-refractivity contribution in [3.05, 3.63) is 29.8 Å². The quantitative estimate of drug-likeness (QED) is 0.787. The molecule has 1 rings (SSSR count). The molecule has 1 aromatic carbocycles. The summed E-state index contributed by atoms with van der Waals surface area (Å²) in [4.78, 5) is 0. The van der Waals surface area contributed by atoms with Gasteiger partial charge in [0.25, 0.3) is 0 Å². The Bertz CT molecular complexity index is 385. The summed E-state index contributed by atoms with van der Waals surface area (Å²) in [7, 11) is 0. The van der Waals surface area contributed by atoms with E-state index in [0.29, 0.717) is 18.7 Å². The predicted octanol–water partition coefficient (Wildman–Crippen LogP) is 1.76. The van der Waals surface area contributed by atoms with Crippen molar-refractivity contribution in [2.45, 2.75) is 26.1 Å². The highest BCUT2D eigenvalue weighted by Gasteiger charge is 2.05. The molecule has 0 spiro atoms. The van der Waals surface area contributed by atoms with Crippen LogP contribution in [0.4, 0.5) is 5.69 Å². The minimum absolute atomic E-state index is 0.117. The summed E-state index contributed by atoms with van der Waals surface area (Å²) in [6.45, 7) is 4.57. The van der Waals surface area contributed by atoms with Gasteiger partial charge in [0, 0.05) is 12.2 Å². The highest BCUT2D eigenvalue weighted by molar-refractivity contribution is 5.49. The van der Waals surface area contributed by atoms with E-state index in [9.17, 15) is 5.11 Å². The molecule has 4 nitrogen and oxygen atoms in total. The number of nitriles is 1. The third-order valence-corrected chi connectivity index (χ3v) is 2.16. The lowest BCUT2D eigenvalue weighted by molar-refractivity contribution is 0.0112. The molecule has 0 radical (unpaired) electrons. The minimum atomic E-state index is -0.553. The summed E-state index contributed by atoms with van der Waals surface area (Å²) < 4.78 is 5.29. The molecule has 1 aromatic rings. The van der Waals surface area contributed by atoms with Crippen LogP contribution in [0.2, 0.25) is 0 Å². The number of aliphatic hydroxyl groups is 1. The molecule has 0 heterocycles. The fourth-order valence-electron chi connectivity index (χ4n) is 1.30. The number of rotatable bonds is 6. The molecule has 0 bridgehead atoms. The number of aliphatic hydroxyl groups excluding tert-OH is 1. The highest BCUT2D eigenvalue weighted by Crippen LogP contribution is 2.09. The summed E-state index contributed by atoms with van der Waals surface area (Å²) in [6.07, 6.45) is -0.435. The molecule has 0 fully saturated rings. The van der Waals surface area contributed by atoms with Gasteiger partial charge in [0.1, 0.15) is 0 Å². The largest absolute Gasteiger partial charge is 0.389 e. The monoisotopic (exact) mass is 234 g/mol. The summed E-state index contributed by atoms with van der Waals surface area (Å²) >= 11 is 0. The average molecular weight is 234 g/mol. The third-order valence-electron chi connectivity index (χ3n) is 2.16. The molecule has 0 amide bonds. The number of hydrogen-bond donors (Lipinski definition) is 2. The van der Waals surface area contributed by atoms with E-state index in [1.807, 2.05) is 19.9 Å².